The molecular formula is C24H31ClN4O4S. The van der Waals surface area contributed by atoms with Crippen LogP contribution in [0.1, 0.15) is 18.4 Å². The van der Waals surface area contributed by atoms with Crippen molar-refractivity contribution in [1.82, 2.24) is 10.6 Å². The maximum absolute atomic E-state index is 12.7. The van der Waals surface area contributed by atoms with Crippen LogP contribution in [0.4, 0.5) is 5.69 Å². The first-order valence-electron chi connectivity index (χ1n) is 11.0. The molecule has 10 heteroatoms. The number of amides is 3. The number of ether oxygens (including phenoxy) is 1. The second kappa shape index (κ2) is 14.6. The molecule has 0 radical (unpaired) electrons. The number of carbonyl (C=O) groups is 3. The Hall–Kier alpha value is -2.59. The van der Waals surface area contributed by atoms with Crippen LogP contribution in [0.25, 0.3) is 0 Å². The van der Waals surface area contributed by atoms with E-state index >= 15 is 0 Å². The third-order valence-electron chi connectivity index (χ3n) is 5.08. The van der Waals surface area contributed by atoms with Crippen molar-refractivity contribution >= 4 is 47.6 Å². The van der Waals surface area contributed by atoms with Gasteiger partial charge in [0.05, 0.1) is 18.9 Å². The van der Waals surface area contributed by atoms with Crippen LogP contribution in [0.2, 0.25) is 0 Å². The lowest BCUT2D eigenvalue weighted by Gasteiger charge is -2.23. The van der Waals surface area contributed by atoms with Gasteiger partial charge in [-0.25, -0.2) is 0 Å². The van der Waals surface area contributed by atoms with Crippen molar-refractivity contribution < 1.29 is 19.1 Å². The van der Waals surface area contributed by atoms with Crippen LogP contribution in [0, 0.1) is 0 Å². The number of benzene rings is 2. The number of nitrogens with one attached hydrogen (secondary N) is 2. The van der Waals surface area contributed by atoms with Crippen LogP contribution in [0.5, 0.6) is 0 Å². The lowest BCUT2D eigenvalue weighted by atomic mass is 10.2. The molecule has 0 saturated carbocycles. The summed E-state index contributed by atoms with van der Waals surface area (Å²) in [4.78, 5) is 40.5. The quantitative estimate of drug-likeness (QED) is 0.430. The molecule has 184 valence electrons. The number of nitrogens with two attached hydrogens (primary N) is 1. The molecule has 0 fully saturated rings. The van der Waals surface area contributed by atoms with Gasteiger partial charge in [0.2, 0.25) is 17.7 Å². The molecule has 3 rings (SSSR count). The molecule has 0 bridgehead atoms. The fourth-order valence-electron chi connectivity index (χ4n) is 3.42. The third kappa shape index (κ3) is 8.32. The Labute approximate surface area is 210 Å². The summed E-state index contributed by atoms with van der Waals surface area (Å²) in [7, 11) is 0. The van der Waals surface area contributed by atoms with Crippen molar-refractivity contribution in [2.24, 2.45) is 5.73 Å². The summed E-state index contributed by atoms with van der Waals surface area (Å²) in [6, 6.07) is 16.4. The van der Waals surface area contributed by atoms with Crippen LogP contribution in [-0.2, 0) is 25.7 Å². The normalized spacial score (nSPS) is 13.8. The highest BCUT2D eigenvalue weighted by molar-refractivity contribution is 7.99. The molecule has 4 N–H and O–H groups in total. The molecule has 0 aromatic heterocycles. The molecular weight excluding hydrogens is 476 g/mol. The molecule has 0 aliphatic carbocycles. The Bertz CT molecular complexity index is 948. The van der Waals surface area contributed by atoms with Gasteiger partial charge < -0.3 is 26.0 Å². The molecule has 1 atom stereocenters. The van der Waals surface area contributed by atoms with Gasteiger partial charge in [0.15, 0.2) is 0 Å². The van der Waals surface area contributed by atoms with Crippen LogP contribution in [0.15, 0.2) is 59.5 Å². The van der Waals surface area contributed by atoms with Crippen LogP contribution < -0.4 is 21.3 Å². The van der Waals surface area contributed by atoms with E-state index in [2.05, 4.69) is 10.6 Å². The number of thioether (sulfide) groups is 1. The highest BCUT2D eigenvalue weighted by Gasteiger charge is 2.25. The number of rotatable bonds is 11. The predicted octanol–water partition coefficient (Wildman–Crippen LogP) is 2.10. The van der Waals surface area contributed by atoms with Gasteiger partial charge in [-0.05, 0) is 17.7 Å². The lowest BCUT2D eigenvalue weighted by molar-refractivity contribution is -0.130. The van der Waals surface area contributed by atoms with Gasteiger partial charge in [0.1, 0.15) is 6.04 Å². The molecule has 2 aromatic carbocycles. The van der Waals surface area contributed by atoms with E-state index in [0.29, 0.717) is 31.9 Å². The summed E-state index contributed by atoms with van der Waals surface area (Å²) in [5.74, 6) is 0.0206. The van der Waals surface area contributed by atoms with E-state index < -0.39 is 6.04 Å². The SMILES string of the molecule is Cl.NCCNC(=O)C(COCc1ccccc1)NC(=O)CCN1C(=O)CCSc2ccccc21. The fourth-order valence-corrected chi connectivity index (χ4v) is 4.41. The van der Waals surface area contributed by atoms with E-state index in [1.54, 1.807) is 16.7 Å². The van der Waals surface area contributed by atoms with E-state index in [-0.39, 0.29) is 49.7 Å². The Balaban J connectivity index is 0.00000408. The third-order valence-corrected chi connectivity index (χ3v) is 6.15. The van der Waals surface area contributed by atoms with Gasteiger partial charge in [-0.1, -0.05) is 42.5 Å². The standard InChI is InChI=1S/C24H30N4O4S.ClH/c25-12-13-26-24(31)19(17-32-16-18-6-2-1-3-7-18)27-22(29)10-14-28-20-8-4-5-9-21(20)33-15-11-23(28)30;/h1-9,19H,10-17,25H2,(H,26,31)(H,27,29);1H. The second-order valence-corrected chi connectivity index (χ2v) is 8.70. The highest BCUT2D eigenvalue weighted by Crippen LogP contribution is 2.33. The van der Waals surface area contributed by atoms with Crippen molar-refractivity contribution in [2.45, 2.75) is 30.4 Å². The summed E-state index contributed by atoms with van der Waals surface area (Å²) in [6.07, 6.45) is 0.489. The van der Waals surface area contributed by atoms with Crippen molar-refractivity contribution in [3.05, 3.63) is 60.2 Å². The van der Waals surface area contributed by atoms with E-state index in [0.717, 1.165) is 16.1 Å². The Morgan fingerprint density at radius 1 is 1.12 bits per heavy atom. The van der Waals surface area contributed by atoms with E-state index in [9.17, 15) is 14.4 Å². The summed E-state index contributed by atoms with van der Waals surface area (Å²) in [5.41, 5.74) is 7.27. The van der Waals surface area contributed by atoms with E-state index in [4.69, 9.17) is 10.5 Å². The number of halogens is 1. The number of fused-ring (bicyclic) bond motifs is 1. The van der Waals surface area contributed by atoms with Gasteiger partial charge in [0, 0.05) is 43.1 Å². The number of carbonyl (C=O) groups excluding carboxylic acids is 3. The molecule has 1 heterocycles. The summed E-state index contributed by atoms with van der Waals surface area (Å²) < 4.78 is 5.68. The van der Waals surface area contributed by atoms with Gasteiger partial charge >= 0.3 is 0 Å². The lowest BCUT2D eigenvalue weighted by Crippen LogP contribution is -2.50. The molecule has 1 aliphatic rings. The minimum atomic E-state index is -0.851. The first-order valence-corrected chi connectivity index (χ1v) is 12.0. The van der Waals surface area contributed by atoms with Gasteiger partial charge in [-0.2, -0.15) is 0 Å². The second-order valence-electron chi connectivity index (χ2n) is 7.56. The van der Waals surface area contributed by atoms with E-state index in [1.807, 2.05) is 54.6 Å². The Kier molecular flexibility index (Phi) is 11.9. The van der Waals surface area contributed by atoms with Crippen molar-refractivity contribution in [3.63, 3.8) is 0 Å². The van der Waals surface area contributed by atoms with Crippen molar-refractivity contribution in [2.75, 3.05) is 36.9 Å². The number of hydrogen-bond donors (Lipinski definition) is 3. The van der Waals surface area contributed by atoms with Gasteiger partial charge in [-0.3, -0.25) is 14.4 Å². The van der Waals surface area contributed by atoms with Crippen LogP contribution in [-0.4, -0.2) is 55.8 Å². The predicted molar refractivity (Wildman–Crippen MR) is 136 cm³/mol. The van der Waals surface area contributed by atoms with Crippen LogP contribution in [0.3, 0.4) is 0 Å². The van der Waals surface area contributed by atoms with Crippen molar-refractivity contribution in [3.8, 4) is 0 Å². The average molecular weight is 507 g/mol. The monoisotopic (exact) mass is 506 g/mol. The Morgan fingerprint density at radius 2 is 1.85 bits per heavy atom. The maximum Gasteiger partial charge on any atom is 0.245 e. The zero-order valence-corrected chi connectivity index (χ0v) is 20.5. The first kappa shape index (κ1) is 27.7. The number of hydrogen-bond acceptors (Lipinski definition) is 6. The van der Waals surface area contributed by atoms with Gasteiger partial charge in [0.25, 0.3) is 0 Å². The van der Waals surface area contributed by atoms with Crippen LogP contribution >= 0.6 is 24.2 Å². The van der Waals surface area contributed by atoms with Crippen molar-refractivity contribution in [1.29, 1.82) is 0 Å². The first-order chi connectivity index (χ1) is 16.1. The van der Waals surface area contributed by atoms with Gasteiger partial charge in [-0.15, -0.1) is 24.2 Å². The topological polar surface area (TPSA) is 114 Å². The molecule has 0 spiro atoms. The fraction of sp³-hybridized carbons (Fsp3) is 0.375. The molecule has 0 saturated heterocycles. The molecule has 1 aliphatic heterocycles. The molecule has 34 heavy (non-hydrogen) atoms. The summed E-state index contributed by atoms with van der Waals surface area (Å²) >= 11 is 1.64. The smallest absolute Gasteiger partial charge is 0.245 e. The summed E-state index contributed by atoms with van der Waals surface area (Å²) in [6.45, 7) is 1.20. The summed E-state index contributed by atoms with van der Waals surface area (Å²) in [5, 5.41) is 5.44. The molecule has 1 unspecified atom stereocenters. The van der Waals surface area contributed by atoms with E-state index in [1.165, 1.54) is 0 Å². The number of para-hydroxylation sites is 1. The molecule has 3 amide bonds. The number of nitrogens with zero attached hydrogens (tertiary/aromatic N) is 1. The minimum absolute atomic E-state index is 0. The number of anilines is 1. The highest BCUT2D eigenvalue weighted by atomic mass is 35.5. The average Bonchev–Trinajstić information content (AvgIpc) is 2.99. The largest absolute Gasteiger partial charge is 0.374 e. The molecule has 8 nitrogen and oxygen atoms in total. The minimum Gasteiger partial charge on any atom is -0.374 e. The Morgan fingerprint density at radius 3 is 2.62 bits per heavy atom. The molecule has 2 aromatic rings. The zero-order valence-electron chi connectivity index (χ0n) is 18.9. The maximum atomic E-state index is 12.7. The zero-order chi connectivity index (χ0) is 23.5.